The first kappa shape index (κ1) is 20.7. The number of aryl methyl sites for hydroxylation is 2. The topological polar surface area (TPSA) is 85.6 Å². The third kappa shape index (κ3) is 3.90. The number of hydrogen-bond acceptors (Lipinski definition) is 5. The van der Waals surface area contributed by atoms with Gasteiger partial charge in [-0.05, 0) is 72.6 Å². The number of nitrogens with one attached hydrogen (secondary N) is 1. The number of ether oxygens (including phenoxy) is 1. The van der Waals surface area contributed by atoms with E-state index in [9.17, 15) is 13.2 Å². The van der Waals surface area contributed by atoms with Crippen LogP contribution in [0.25, 0.3) is 11.0 Å². The van der Waals surface area contributed by atoms with E-state index < -0.39 is 16.0 Å². The molecule has 0 fully saturated rings. The second kappa shape index (κ2) is 7.77. The highest BCUT2D eigenvalue weighted by molar-refractivity contribution is 9.10. The van der Waals surface area contributed by atoms with Crippen molar-refractivity contribution in [3.63, 3.8) is 0 Å². The van der Waals surface area contributed by atoms with Gasteiger partial charge < -0.3 is 9.15 Å². The largest absolute Gasteiger partial charge is 0.462 e. The number of halogens is 2. The monoisotopic (exact) mass is 485 g/mol. The molecule has 0 unspecified atom stereocenters. The number of carbonyl (C=O) groups is 1. The molecular formula is C19H17BrClNO5S. The summed E-state index contributed by atoms with van der Waals surface area (Å²) in [5, 5.41) is 0.936. The van der Waals surface area contributed by atoms with Crippen LogP contribution in [-0.4, -0.2) is 21.0 Å². The average Bonchev–Trinajstić information content (AvgIpc) is 2.93. The van der Waals surface area contributed by atoms with Crippen LogP contribution in [0.3, 0.4) is 0 Å². The smallest absolute Gasteiger partial charge is 0.342 e. The zero-order valence-corrected chi connectivity index (χ0v) is 18.5. The first-order valence-corrected chi connectivity index (χ1v) is 11.0. The highest BCUT2D eigenvalue weighted by atomic mass is 79.9. The van der Waals surface area contributed by atoms with Crippen LogP contribution in [-0.2, 0) is 14.8 Å². The number of hydrogen-bond donors (Lipinski definition) is 1. The summed E-state index contributed by atoms with van der Waals surface area (Å²) in [6.07, 6.45) is 0. The molecular weight excluding hydrogens is 470 g/mol. The second-order valence-electron chi connectivity index (χ2n) is 6.10. The SMILES string of the molecule is CCOC(=O)c1c(C)oc2c(Br)cc(NS(=O)(=O)c3ccc(Cl)c(C)c3)cc12. The van der Waals surface area contributed by atoms with Crippen LogP contribution in [0.1, 0.15) is 28.6 Å². The van der Waals surface area contributed by atoms with E-state index in [1.165, 1.54) is 18.2 Å². The van der Waals surface area contributed by atoms with Gasteiger partial charge in [-0.25, -0.2) is 13.2 Å². The van der Waals surface area contributed by atoms with Crippen molar-refractivity contribution in [3.05, 3.63) is 56.7 Å². The molecule has 0 spiro atoms. The van der Waals surface area contributed by atoms with Crippen LogP contribution in [0.15, 0.2) is 44.1 Å². The number of benzene rings is 2. The molecule has 148 valence electrons. The van der Waals surface area contributed by atoms with Crippen LogP contribution in [0, 0.1) is 13.8 Å². The van der Waals surface area contributed by atoms with Crippen LogP contribution >= 0.6 is 27.5 Å². The van der Waals surface area contributed by atoms with Crippen molar-refractivity contribution in [2.24, 2.45) is 0 Å². The minimum Gasteiger partial charge on any atom is -0.462 e. The molecule has 0 saturated heterocycles. The number of carbonyl (C=O) groups excluding carboxylic acids is 1. The average molecular weight is 487 g/mol. The molecule has 0 aliphatic carbocycles. The van der Waals surface area contributed by atoms with Crippen molar-refractivity contribution in [1.29, 1.82) is 0 Å². The Morgan fingerprint density at radius 2 is 1.96 bits per heavy atom. The van der Waals surface area contributed by atoms with Crippen molar-refractivity contribution < 1.29 is 22.4 Å². The summed E-state index contributed by atoms with van der Waals surface area (Å²) >= 11 is 9.35. The Morgan fingerprint density at radius 3 is 2.61 bits per heavy atom. The van der Waals surface area contributed by atoms with Crippen LogP contribution in [0.4, 0.5) is 5.69 Å². The molecule has 0 bridgehead atoms. The molecule has 3 rings (SSSR count). The molecule has 1 N–H and O–H groups in total. The molecule has 0 aliphatic rings. The third-order valence-electron chi connectivity index (χ3n) is 4.09. The number of esters is 1. The summed E-state index contributed by atoms with van der Waals surface area (Å²) in [4.78, 5) is 12.4. The van der Waals surface area contributed by atoms with E-state index in [1.807, 2.05) is 0 Å². The van der Waals surface area contributed by atoms with Crippen molar-refractivity contribution in [2.45, 2.75) is 25.7 Å². The van der Waals surface area contributed by atoms with Gasteiger partial charge in [0.1, 0.15) is 16.9 Å². The first-order valence-electron chi connectivity index (χ1n) is 8.32. The predicted molar refractivity (Wildman–Crippen MR) is 112 cm³/mol. The Labute approximate surface area is 176 Å². The molecule has 0 atom stereocenters. The number of sulfonamides is 1. The zero-order chi connectivity index (χ0) is 20.6. The maximum absolute atomic E-state index is 12.8. The normalized spacial score (nSPS) is 11.6. The van der Waals surface area contributed by atoms with Gasteiger partial charge in [0.05, 0.1) is 21.7 Å². The molecule has 0 saturated carbocycles. The van der Waals surface area contributed by atoms with E-state index in [4.69, 9.17) is 20.8 Å². The Bertz CT molecular complexity index is 1190. The minimum atomic E-state index is -3.85. The van der Waals surface area contributed by atoms with E-state index in [0.717, 1.165) is 0 Å². The van der Waals surface area contributed by atoms with Gasteiger partial charge in [-0.3, -0.25) is 4.72 Å². The molecule has 1 heterocycles. The van der Waals surface area contributed by atoms with Crippen LogP contribution in [0.5, 0.6) is 0 Å². The fourth-order valence-electron chi connectivity index (χ4n) is 2.79. The number of rotatable bonds is 5. The van der Waals surface area contributed by atoms with Gasteiger partial charge in [0.2, 0.25) is 0 Å². The van der Waals surface area contributed by atoms with Gasteiger partial charge in [0, 0.05) is 10.4 Å². The van der Waals surface area contributed by atoms with Crippen molar-refractivity contribution in [3.8, 4) is 0 Å². The lowest BCUT2D eigenvalue weighted by molar-refractivity contribution is 0.0526. The molecule has 28 heavy (non-hydrogen) atoms. The minimum absolute atomic E-state index is 0.0830. The van der Waals surface area contributed by atoms with E-state index in [0.29, 0.717) is 31.8 Å². The summed E-state index contributed by atoms with van der Waals surface area (Å²) in [6.45, 7) is 5.30. The molecule has 0 aliphatic heterocycles. The summed E-state index contributed by atoms with van der Waals surface area (Å²) < 4.78 is 39.3. The highest BCUT2D eigenvalue weighted by Crippen LogP contribution is 2.35. The Morgan fingerprint density at radius 1 is 1.25 bits per heavy atom. The summed E-state index contributed by atoms with van der Waals surface area (Å²) in [7, 11) is -3.85. The van der Waals surface area contributed by atoms with E-state index >= 15 is 0 Å². The molecule has 0 radical (unpaired) electrons. The quantitative estimate of drug-likeness (QED) is 0.485. The van der Waals surface area contributed by atoms with Crippen LogP contribution in [0.2, 0.25) is 5.02 Å². The predicted octanol–water partition coefficient (Wildman–Crippen LogP) is 5.44. The van der Waals surface area contributed by atoms with Gasteiger partial charge in [-0.1, -0.05) is 11.6 Å². The summed E-state index contributed by atoms with van der Waals surface area (Å²) in [6, 6.07) is 7.56. The Balaban J connectivity index is 2.07. The van der Waals surface area contributed by atoms with Gasteiger partial charge in [-0.2, -0.15) is 0 Å². The summed E-state index contributed by atoms with van der Waals surface area (Å²) in [5.74, 6) is -0.138. The fraction of sp³-hybridized carbons (Fsp3) is 0.211. The maximum atomic E-state index is 12.8. The highest BCUT2D eigenvalue weighted by Gasteiger charge is 2.23. The van der Waals surface area contributed by atoms with Crippen LogP contribution < -0.4 is 4.72 Å². The van der Waals surface area contributed by atoms with Gasteiger partial charge >= 0.3 is 5.97 Å². The van der Waals surface area contributed by atoms with Crippen molar-refractivity contribution >= 4 is 60.2 Å². The fourth-order valence-corrected chi connectivity index (χ4v) is 4.57. The Hall–Kier alpha value is -2.03. The van der Waals surface area contributed by atoms with Crippen molar-refractivity contribution in [1.82, 2.24) is 0 Å². The number of anilines is 1. The van der Waals surface area contributed by atoms with Gasteiger partial charge in [0.25, 0.3) is 10.0 Å². The molecule has 6 nitrogen and oxygen atoms in total. The third-order valence-corrected chi connectivity index (χ3v) is 6.48. The maximum Gasteiger partial charge on any atom is 0.342 e. The summed E-state index contributed by atoms with van der Waals surface area (Å²) in [5.41, 5.74) is 1.63. The molecule has 0 amide bonds. The first-order chi connectivity index (χ1) is 13.1. The van der Waals surface area contributed by atoms with Crippen molar-refractivity contribution in [2.75, 3.05) is 11.3 Å². The standard InChI is InChI=1S/C19H17BrClNO5S/c1-4-26-19(23)17-11(3)27-18-14(17)8-12(9-15(18)20)22-28(24,25)13-5-6-16(21)10(2)7-13/h5-9,22H,4H2,1-3H3. The Kier molecular flexibility index (Phi) is 5.74. The lowest BCUT2D eigenvalue weighted by Gasteiger charge is -2.10. The van der Waals surface area contributed by atoms with Gasteiger partial charge in [-0.15, -0.1) is 0 Å². The van der Waals surface area contributed by atoms with E-state index in [2.05, 4.69) is 20.7 Å². The van der Waals surface area contributed by atoms with E-state index in [1.54, 1.807) is 32.9 Å². The lowest BCUT2D eigenvalue weighted by Crippen LogP contribution is -2.13. The number of fused-ring (bicyclic) bond motifs is 1. The zero-order valence-electron chi connectivity index (χ0n) is 15.3. The van der Waals surface area contributed by atoms with Gasteiger partial charge in [0.15, 0.2) is 0 Å². The second-order valence-corrected chi connectivity index (χ2v) is 9.05. The lowest BCUT2D eigenvalue weighted by atomic mass is 10.1. The molecule has 2 aromatic carbocycles. The van der Waals surface area contributed by atoms with E-state index in [-0.39, 0.29) is 22.8 Å². The molecule has 3 aromatic rings. The molecule has 9 heteroatoms. The molecule has 1 aromatic heterocycles. The number of furan rings is 1.